The van der Waals surface area contributed by atoms with E-state index in [1.54, 1.807) is 42.7 Å². The molecule has 1 aromatic heterocycles. The van der Waals surface area contributed by atoms with Crippen LogP contribution < -0.4 is 10.1 Å². The lowest BCUT2D eigenvalue weighted by atomic mass is 10.2. The topological polar surface area (TPSA) is 38.3 Å². The number of hydrogen-bond acceptors (Lipinski definition) is 3. The van der Waals surface area contributed by atoms with Crippen molar-refractivity contribution in [3.63, 3.8) is 0 Å². The number of amides is 1. The number of hydrogen-bond donors (Lipinski definition) is 1. The number of ether oxygens (including phenoxy) is 1. The van der Waals surface area contributed by atoms with Crippen LogP contribution in [0.3, 0.4) is 0 Å². The van der Waals surface area contributed by atoms with E-state index in [0.717, 1.165) is 16.8 Å². The van der Waals surface area contributed by atoms with Gasteiger partial charge in [-0.1, -0.05) is 0 Å². The summed E-state index contributed by atoms with van der Waals surface area (Å²) in [5.74, 6) is 0.614. The van der Waals surface area contributed by atoms with Crippen molar-refractivity contribution in [1.82, 2.24) is 0 Å². The van der Waals surface area contributed by atoms with Crippen LogP contribution in [0.5, 0.6) is 5.75 Å². The molecule has 3 rings (SSSR count). The van der Waals surface area contributed by atoms with Gasteiger partial charge in [-0.05, 0) is 59.3 Å². The minimum absolute atomic E-state index is 0.123. The number of benzene rings is 2. The zero-order valence-electron chi connectivity index (χ0n) is 10.9. The molecule has 1 heterocycles. The Morgan fingerprint density at radius 1 is 1.10 bits per heavy atom. The van der Waals surface area contributed by atoms with Crippen LogP contribution in [-0.4, -0.2) is 13.0 Å². The third-order valence-corrected chi connectivity index (χ3v) is 3.96. The molecule has 0 unspecified atom stereocenters. The average Bonchev–Trinajstić information content (AvgIpc) is 2.95. The van der Waals surface area contributed by atoms with Crippen molar-refractivity contribution < 1.29 is 9.53 Å². The predicted octanol–water partition coefficient (Wildman–Crippen LogP) is 4.16. The van der Waals surface area contributed by atoms with Gasteiger partial charge in [0.2, 0.25) is 0 Å². The Balaban J connectivity index is 1.80. The standard InChI is InChI=1S/C16H13NO2S/c1-19-14-5-2-11(3-6-14)16(18)17-13-4-7-15-12(10-13)8-9-20-15/h2-10H,1H3,(H,17,18). The summed E-state index contributed by atoms with van der Waals surface area (Å²) in [5.41, 5.74) is 1.41. The van der Waals surface area contributed by atoms with Crippen molar-refractivity contribution in [2.75, 3.05) is 12.4 Å². The Bertz CT molecular complexity index is 747. The Hall–Kier alpha value is -2.33. The highest BCUT2D eigenvalue weighted by atomic mass is 32.1. The first-order chi connectivity index (χ1) is 9.76. The Morgan fingerprint density at radius 2 is 1.90 bits per heavy atom. The highest BCUT2D eigenvalue weighted by Gasteiger charge is 2.06. The number of fused-ring (bicyclic) bond motifs is 1. The van der Waals surface area contributed by atoms with Gasteiger partial charge in [0.1, 0.15) is 5.75 Å². The second-order valence-corrected chi connectivity index (χ2v) is 5.30. The third-order valence-electron chi connectivity index (χ3n) is 3.06. The Morgan fingerprint density at radius 3 is 2.65 bits per heavy atom. The zero-order valence-corrected chi connectivity index (χ0v) is 11.7. The molecule has 20 heavy (non-hydrogen) atoms. The van der Waals surface area contributed by atoms with E-state index in [2.05, 4.69) is 5.32 Å². The molecule has 0 atom stereocenters. The molecule has 1 amide bonds. The number of anilines is 1. The molecule has 4 heteroatoms. The minimum Gasteiger partial charge on any atom is -0.497 e. The fourth-order valence-electron chi connectivity index (χ4n) is 1.99. The number of carbonyl (C=O) groups is 1. The molecule has 100 valence electrons. The first-order valence-electron chi connectivity index (χ1n) is 6.19. The summed E-state index contributed by atoms with van der Waals surface area (Å²) in [6.07, 6.45) is 0. The molecule has 0 radical (unpaired) electrons. The van der Waals surface area contributed by atoms with E-state index >= 15 is 0 Å². The summed E-state index contributed by atoms with van der Waals surface area (Å²) < 4.78 is 6.29. The molecular formula is C16H13NO2S. The van der Waals surface area contributed by atoms with Crippen molar-refractivity contribution in [1.29, 1.82) is 0 Å². The molecule has 0 aliphatic carbocycles. The lowest BCUT2D eigenvalue weighted by molar-refractivity contribution is 0.102. The molecule has 0 aliphatic heterocycles. The average molecular weight is 283 g/mol. The van der Waals surface area contributed by atoms with Gasteiger partial charge >= 0.3 is 0 Å². The van der Waals surface area contributed by atoms with Gasteiger partial charge in [-0.25, -0.2) is 0 Å². The molecular weight excluding hydrogens is 270 g/mol. The van der Waals surface area contributed by atoms with Crippen LogP contribution in [-0.2, 0) is 0 Å². The summed E-state index contributed by atoms with van der Waals surface area (Å²) in [5, 5.41) is 6.09. The molecule has 0 bridgehead atoms. The molecule has 2 aromatic carbocycles. The SMILES string of the molecule is COc1ccc(C(=O)Nc2ccc3sccc3c2)cc1. The minimum atomic E-state index is -0.123. The van der Waals surface area contributed by atoms with Crippen LogP contribution in [0, 0.1) is 0 Å². The van der Waals surface area contributed by atoms with Crippen molar-refractivity contribution >= 4 is 33.0 Å². The van der Waals surface area contributed by atoms with Gasteiger partial charge in [-0.2, -0.15) is 0 Å². The molecule has 3 aromatic rings. The highest BCUT2D eigenvalue weighted by Crippen LogP contribution is 2.24. The molecule has 0 saturated carbocycles. The van der Waals surface area contributed by atoms with E-state index in [1.807, 2.05) is 29.6 Å². The van der Waals surface area contributed by atoms with Gasteiger partial charge in [0.05, 0.1) is 7.11 Å². The van der Waals surface area contributed by atoms with Crippen molar-refractivity contribution in [2.24, 2.45) is 0 Å². The van der Waals surface area contributed by atoms with Gasteiger partial charge in [-0.3, -0.25) is 4.79 Å². The van der Waals surface area contributed by atoms with E-state index in [1.165, 1.54) is 4.70 Å². The molecule has 0 saturated heterocycles. The number of thiophene rings is 1. The molecule has 0 fully saturated rings. The monoisotopic (exact) mass is 283 g/mol. The fraction of sp³-hybridized carbons (Fsp3) is 0.0625. The maximum atomic E-state index is 12.1. The summed E-state index contributed by atoms with van der Waals surface area (Å²) in [6, 6.07) is 15.0. The van der Waals surface area contributed by atoms with E-state index < -0.39 is 0 Å². The largest absolute Gasteiger partial charge is 0.497 e. The number of methoxy groups -OCH3 is 1. The summed E-state index contributed by atoms with van der Waals surface area (Å²) in [4.78, 5) is 12.1. The molecule has 0 aliphatic rings. The second-order valence-electron chi connectivity index (χ2n) is 4.36. The maximum Gasteiger partial charge on any atom is 0.255 e. The second kappa shape index (κ2) is 5.35. The lowest BCUT2D eigenvalue weighted by Crippen LogP contribution is -2.11. The van der Waals surface area contributed by atoms with E-state index in [-0.39, 0.29) is 5.91 Å². The third kappa shape index (κ3) is 2.51. The Kier molecular flexibility index (Phi) is 3.39. The lowest BCUT2D eigenvalue weighted by Gasteiger charge is -2.06. The van der Waals surface area contributed by atoms with Crippen molar-refractivity contribution in [2.45, 2.75) is 0 Å². The van der Waals surface area contributed by atoms with Crippen molar-refractivity contribution in [3.05, 3.63) is 59.5 Å². The number of rotatable bonds is 3. The van der Waals surface area contributed by atoms with Gasteiger partial charge in [-0.15, -0.1) is 11.3 Å². The van der Waals surface area contributed by atoms with Crippen LogP contribution in [0.4, 0.5) is 5.69 Å². The highest BCUT2D eigenvalue weighted by molar-refractivity contribution is 7.17. The van der Waals surface area contributed by atoms with E-state index in [9.17, 15) is 4.79 Å². The van der Waals surface area contributed by atoms with E-state index in [4.69, 9.17) is 4.74 Å². The quantitative estimate of drug-likeness (QED) is 0.783. The molecule has 0 spiro atoms. The summed E-state index contributed by atoms with van der Waals surface area (Å²) in [6.45, 7) is 0. The fourth-order valence-corrected chi connectivity index (χ4v) is 2.76. The van der Waals surface area contributed by atoms with Gasteiger partial charge in [0.25, 0.3) is 5.91 Å². The predicted molar refractivity (Wildman–Crippen MR) is 82.8 cm³/mol. The van der Waals surface area contributed by atoms with Crippen LogP contribution in [0.15, 0.2) is 53.9 Å². The summed E-state index contributed by atoms with van der Waals surface area (Å²) in [7, 11) is 1.60. The molecule has 3 nitrogen and oxygen atoms in total. The van der Waals surface area contributed by atoms with E-state index in [0.29, 0.717) is 5.56 Å². The zero-order chi connectivity index (χ0) is 13.9. The molecule has 1 N–H and O–H groups in total. The van der Waals surface area contributed by atoms with Gasteiger partial charge in [0, 0.05) is 16.0 Å². The first kappa shape index (κ1) is 12.7. The van der Waals surface area contributed by atoms with Gasteiger partial charge < -0.3 is 10.1 Å². The number of nitrogens with one attached hydrogen (secondary N) is 1. The van der Waals surface area contributed by atoms with Crippen molar-refractivity contribution in [3.8, 4) is 5.75 Å². The normalized spacial score (nSPS) is 10.4. The van der Waals surface area contributed by atoms with Gasteiger partial charge in [0.15, 0.2) is 0 Å². The van der Waals surface area contributed by atoms with Crippen LogP contribution >= 0.6 is 11.3 Å². The number of carbonyl (C=O) groups excluding carboxylic acids is 1. The summed E-state index contributed by atoms with van der Waals surface area (Å²) >= 11 is 1.69. The van der Waals surface area contributed by atoms with Crippen LogP contribution in [0.2, 0.25) is 0 Å². The Labute approximate surface area is 120 Å². The maximum absolute atomic E-state index is 12.1. The van der Waals surface area contributed by atoms with Crippen LogP contribution in [0.1, 0.15) is 10.4 Å². The van der Waals surface area contributed by atoms with Crippen LogP contribution in [0.25, 0.3) is 10.1 Å². The smallest absolute Gasteiger partial charge is 0.255 e. The first-order valence-corrected chi connectivity index (χ1v) is 7.07.